The smallest absolute Gasteiger partial charge is 0.164 e. The molecule has 0 fully saturated rings. The highest BCUT2D eigenvalue weighted by Crippen LogP contribution is 2.42. The van der Waals surface area contributed by atoms with Crippen LogP contribution < -0.4 is 0 Å². The third-order valence-corrected chi connectivity index (χ3v) is 13.1. The summed E-state index contributed by atoms with van der Waals surface area (Å²) < 4.78 is 0. The maximum Gasteiger partial charge on any atom is 0.164 e. The molecule has 0 atom stereocenters. The zero-order valence-electron chi connectivity index (χ0n) is 35.7. The molecule has 0 aliphatic heterocycles. The SMILES string of the molecule is c1ccc(-c2ccc(-c3nc(-c4ccccc4)nc(-c4ccc(-c5nc6c(-c7ccc8c9ccccc9c9ccccc9c8c7)cccc6c6c5ccc5ccccc56)cc4)n3)cc2)cc1. The van der Waals surface area contributed by atoms with Crippen molar-refractivity contribution in [3.63, 3.8) is 0 Å². The Bertz CT molecular complexity index is 3980. The van der Waals surface area contributed by atoms with Crippen LogP contribution >= 0.6 is 0 Å². The maximum absolute atomic E-state index is 5.65. The Kier molecular flexibility index (Phi) is 8.81. The van der Waals surface area contributed by atoms with Crippen LogP contribution in [0.25, 0.3) is 132 Å². The predicted molar refractivity (Wildman–Crippen MR) is 275 cm³/mol. The fraction of sp³-hybridized carbons (Fsp3) is 0. The van der Waals surface area contributed by atoms with Gasteiger partial charge in [0.2, 0.25) is 0 Å². The van der Waals surface area contributed by atoms with Crippen LogP contribution in [-0.2, 0) is 0 Å². The molecule has 4 heteroatoms. The Morgan fingerprint density at radius 3 is 1.27 bits per heavy atom. The van der Waals surface area contributed by atoms with Gasteiger partial charge in [-0.1, -0.05) is 224 Å². The van der Waals surface area contributed by atoms with E-state index < -0.39 is 0 Å². The first kappa shape index (κ1) is 37.7. The van der Waals surface area contributed by atoms with Crippen molar-refractivity contribution >= 4 is 64.8 Å². The van der Waals surface area contributed by atoms with Gasteiger partial charge < -0.3 is 0 Å². The molecule has 0 saturated heterocycles. The average molecular weight is 839 g/mol. The van der Waals surface area contributed by atoms with Gasteiger partial charge in [-0.3, -0.25) is 0 Å². The normalized spacial score (nSPS) is 11.6. The average Bonchev–Trinajstić information content (AvgIpc) is 3.40. The molecule has 0 N–H and O–H groups in total. The molecule has 11 aromatic carbocycles. The van der Waals surface area contributed by atoms with E-state index in [2.05, 4.69) is 194 Å². The molecule has 0 spiro atoms. The van der Waals surface area contributed by atoms with Gasteiger partial charge in [-0.25, -0.2) is 19.9 Å². The standard InChI is InChI=1S/C62H38N4/c1-3-14-39(15-4-1)40-26-30-44(31-27-40)61-64-60(43-17-5-2-6-18-43)65-62(66-61)45-32-28-42(29-33-45)58-55-37-34-41-16-7-8-19-47(41)57(55)54-25-13-24-48(59(54)63-58)46-35-36-53-51-22-10-9-20-49(51)50-21-11-12-23-52(50)56(53)38-46/h1-38H. The monoisotopic (exact) mass is 838 g/mol. The molecule has 13 rings (SSSR count). The van der Waals surface area contributed by atoms with Gasteiger partial charge in [-0.2, -0.15) is 0 Å². The molecule has 0 aliphatic carbocycles. The van der Waals surface area contributed by atoms with E-state index in [1.165, 1.54) is 54.0 Å². The maximum atomic E-state index is 5.65. The number of para-hydroxylation sites is 1. The van der Waals surface area contributed by atoms with Crippen LogP contribution in [0.5, 0.6) is 0 Å². The van der Waals surface area contributed by atoms with Crippen LogP contribution in [0.4, 0.5) is 0 Å². The third-order valence-electron chi connectivity index (χ3n) is 13.1. The summed E-state index contributed by atoms with van der Waals surface area (Å²) in [6, 6.07) is 81.8. The zero-order chi connectivity index (χ0) is 43.6. The second-order valence-corrected chi connectivity index (χ2v) is 16.9. The summed E-state index contributed by atoms with van der Waals surface area (Å²) >= 11 is 0. The molecule has 306 valence electrons. The minimum absolute atomic E-state index is 0.610. The van der Waals surface area contributed by atoms with E-state index in [1.54, 1.807) is 0 Å². The van der Waals surface area contributed by atoms with Gasteiger partial charge in [0.15, 0.2) is 17.5 Å². The van der Waals surface area contributed by atoms with E-state index in [0.717, 1.165) is 60.9 Å². The van der Waals surface area contributed by atoms with E-state index in [-0.39, 0.29) is 0 Å². The largest absolute Gasteiger partial charge is 0.246 e. The fourth-order valence-electron chi connectivity index (χ4n) is 9.89. The number of fused-ring (bicyclic) bond motifs is 11. The number of nitrogens with zero attached hydrogens (tertiary/aromatic N) is 4. The summed E-state index contributed by atoms with van der Waals surface area (Å²) in [5.41, 5.74) is 10.2. The lowest BCUT2D eigenvalue weighted by Gasteiger charge is -2.16. The molecule has 2 aromatic heterocycles. The first-order chi connectivity index (χ1) is 32.7. The van der Waals surface area contributed by atoms with Gasteiger partial charge in [-0.05, 0) is 65.8 Å². The highest BCUT2D eigenvalue weighted by atomic mass is 15.0. The first-order valence-electron chi connectivity index (χ1n) is 22.4. The van der Waals surface area contributed by atoms with Crippen LogP contribution in [-0.4, -0.2) is 19.9 Å². The lowest BCUT2D eigenvalue weighted by Crippen LogP contribution is -2.00. The van der Waals surface area contributed by atoms with Crippen molar-refractivity contribution in [2.45, 2.75) is 0 Å². The summed E-state index contributed by atoms with van der Waals surface area (Å²) in [7, 11) is 0. The minimum atomic E-state index is 0.610. The minimum Gasteiger partial charge on any atom is -0.246 e. The van der Waals surface area contributed by atoms with Gasteiger partial charge in [0.05, 0.1) is 11.2 Å². The van der Waals surface area contributed by atoms with Crippen molar-refractivity contribution in [3.05, 3.63) is 231 Å². The summed E-state index contributed by atoms with van der Waals surface area (Å²) in [5, 5.41) is 13.4. The van der Waals surface area contributed by atoms with Gasteiger partial charge >= 0.3 is 0 Å². The number of aromatic nitrogens is 4. The van der Waals surface area contributed by atoms with E-state index in [4.69, 9.17) is 19.9 Å². The lowest BCUT2D eigenvalue weighted by atomic mass is 9.90. The van der Waals surface area contributed by atoms with Crippen molar-refractivity contribution in [2.75, 3.05) is 0 Å². The lowest BCUT2D eigenvalue weighted by molar-refractivity contribution is 1.07. The van der Waals surface area contributed by atoms with Crippen molar-refractivity contribution in [1.82, 2.24) is 19.9 Å². The number of hydrogen-bond acceptors (Lipinski definition) is 4. The van der Waals surface area contributed by atoms with E-state index in [0.29, 0.717) is 17.5 Å². The summed E-state index contributed by atoms with van der Waals surface area (Å²) in [4.78, 5) is 20.8. The van der Waals surface area contributed by atoms with Gasteiger partial charge in [0, 0.05) is 44.0 Å². The molecule has 0 saturated carbocycles. The molecule has 2 heterocycles. The molecule has 66 heavy (non-hydrogen) atoms. The summed E-state index contributed by atoms with van der Waals surface area (Å²) in [6.07, 6.45) is 0. The highest BCUT2D eigenvalue weighted by Gasteiger charge is 2.19. The second-order valence-electron chi connectivity index (χ2n) is 16.9. The molecule has 0 aliphatic rings. The molecule has 4 nitrogen and oxygen atoms in total. The quantitative estimate of drug-likeness (QED) is 0.157. The first-order valence-corrected chi connectivity index (χ1v) is 22.4. The van der Waals surface area contributed by atoms with Crippen molar-refractivity contribution in [2.24, 2.45) is 0 Å². The van der Waals surface area contributed by atoms with E-state index in [1.807, 2.05) is 36.4 Å². The molecule has 0 bridgehead atoms. The third kappa shape index (κ3) is 6.30. The molecular weight excluding hydrogens is 801 g/mol. The molecule has 0 radical (unpaired) electrons. The highest BCUT2D eigenvalue weighted by molar-refractivity contribution is 6.27. The Morgan fingerprint density at radius 2 is 0.652 bits per heavy atom. The van der Waals surface area contributed by atoms with Crippen molar-refractivity contribution < 1.29 is 0 Å². The number of pyridine rings is 1. The Hall–Kier alpha value is -8.86. The van der Waals surface area contributed by atoms with Gasteiger partial charge in [-0.15, -0.1) is 0 Å². The Morgan fingerprint density at radius 1 is 0.227 bits per heavy atom. The second kappa shape index (κ2) is 15.4. The number of benzene rings is 11. The predicted octanol–water partition coefficient (Wildman–Crippen LogP) is 16.2. The number of rotatable bonds is 6. The van der Waals surface area contributed by atoms with Crippen LogP contribution in [0.1, 0.15) is 0 Å². The summed E-state index contributed by atoms with van der Waals surface area (Å²) in [6.45, 7) is 0. The van der Waals surface area contributed by atoms with Gasteiger partial charge in [0.25, 0.3) is 0 Å². The van der Waals surface area contributed by atoms with Crippen molar-refractivity contribution in [1.29, 1.82) is 0 Å². The van der Waals surface area contributed by atoms with Crippen LogP contribution in [0.3, 0.4) is 0 Å². The molecular formula is C62H38N4. The number of hydrogen-bond donors (Lipinski definition) is 0. The van der Waals surface area contributed by atoms with Crippen molar-refractivity contribution in [3.8, 4) is 67.7 Å². The molecule has 0 amide bonds. The van der Waals surface area contributed by atoms with Crippen LogP contribution in [0, 0.1) is 0 Å². The van der Waals surface area contributed by atoms with E-state index in [9.17, 15) is 0 Å². The van der Waals surface area contributed by atoms with Crippen LogP contribution in [0.15, 0.2) is 231 Å². The molecule has 0 unspecified atom stereocenters. The molecule has 13 aromatic rings. The van der Waals surface area contributed by atoms with Gasteiger partial charge in [0.1, 0.15) is 0 Å². The zero-order valence-corrected chi connectivity index (χ0v) is 35.7. The van der Waals surface area contributed by atoms with Crippen LogP contribution in [0.2, 0.25) is 0 Å². The van der Waals surface area contributed by atoms with E-state index >= 15 is 0 Å². The topological polar surface area (TPSA) is 51.6 Å². The summed E-state index contributed by atoms with van der Waals surface area (Å²) in [5.74, 6) is 1.86. The fourth-order valence-corrected chi connectivity index (χ4v) is 9.89. The Balaban J connectivity index is 0.971. The Labute approximate surface area is 381 Å².